The van der Waals surface area contributed by atoms with E-state index in [1.165, 1.54) is 24.0 Å². The number of aromatic nitrogens is 1. The van der Waals surface area contributed by atoms with Crippen LogP contribution in [0.5, 0.6) is 0 Å². The molecular formula is C24H31N3O. The topological polar surface area (TPSA) is 45.2 Å². The van der Waals surface area contributed by atoms with E-state index in [1.54, 1.807) is 6.20 Å². The van der Waals surface area contributed by atoms with Gasteiger partial charge in [-0.25, -0.2) is 0 Å². The molecule has 4 heteroatoms. The minimum absolute atomic E-state index is 0.219. The first-order valence-corrected chi connectivity index (χ1v) is 10.7. The van der Waals surface area contributed by atoms with Crippen LogP contribution < -0.4 is 5.32 Å². The Balaban J connectivity index is 1.64. The number of piperidine rings is 1. The Bertz CT molecular complexity index is 803. The molecule has 1 N–H and O–H groups in total. The minimum Gasteiger partial charge on any atom is -0.356 e. The molecule has 0 spiro atoms. The molecule has 1 aliphatic carbocycles. The molecule has 1 atom stereocenters. The summed E-state index contributed by atoms with van der Waals surface area (Å²) in [6.45, 7) is 5.86. The Kier molecular flexibility index (Phi) is 5.77. The second-order valence-corrected chi connectivity index (χ2v) is 8.50. The minimum atomic E-state index is -0.346. The fourth-order valence-electron chi connectivity index (χ4n) is 4.65. The maximum Gasteiger partial charge on any atom is 0.227 e. The van der Waals surface area contributed by atoms with E-state index in [2.05, 4.69) is 45.5 Å². The molecule has 1 aromatic carbocycles. The molecule has 1 aliphatic heterocycles. The maximum atomic E-state index is 13.3. The van der Waals surface area contributed by atoms with Gasteiger partial charge in [0.25, 0.3) is 0 Å². The van der Waals surface area contributed by atoms with Gasteiger partial charge in [-0.2, -0.15) is 0 Å². The summed E-state index contributed by atoms with van der Waals surface area (Å²) in [7, 11) is 0. The van der Waals surface area contributed by atoms with Crippen molar-refractivity contribution in [2.45, 2.75) is 39.0 Å². The molecule has 2 aliphatic rings. The van der Waals surface area contributed by atoms with E-state index in [9.17, 15) is 4.79 Å². The second kappa shape index (κ2) is 8.44. The zero-order chi connectivity index (χ0) is 19.4. The standard InChI is InChI=1S/C24H31N3O/c1-2-26-23(28)24(12-6-14-27(18-24)17-19-10-11-19)15-20-7-3-4-9-22(20)21-8-5-13-25-16-21/h3-5,7-9,13,16,19H,2,6,10-12,14-15,17-18H2,1H3,(H,26,28)/t24-/m1/s1. The van der Waals surface area contributed by atoms with Crippen molar-refractivity contribution in [2.24, 2.45) is 11.3 Å². The number of amides is 1. The molecule has 2 aromatic rings. The first kappa shape index (κ1) is 19.1. The van der Waals surface area contributed by atoms with Gasteiger partial charge in [-0.05, 0) is 68.7 Å². The van der Waals surface area contributed by atoms with Crippen LogP contribution in [-0.2, 0) is 11.2 Å². The lowest BCUT2D eigenvalue weighted by Crippen LogP contribution is -2.53. The molecule has 1 saturated heterocycles. The number of likely N-dealkylation sites (tertiary alicyclic amines) is 1. The van der Waals surface area contributed by atoms with Gasteiger partial charge in [0.05, 0.1) is 5.41 Å². The second-order valence-electron chi connectivity index (χ2n) is 8.50. The lowest BCUT2D eigenvalue weighted by molar-refractivity contribution is -0.134. The summed E-state index contributed by atoms with van der Waals surface area (Å²) < 4.78 is 0. The number of carbonyl (C=O) groups excluding carboxylic acids is 1. The van der Waals surface area contributed by atoms with Gasteiger partial charge >= 0.3 is 0 Å². The highest BCUT2D eigenvalue weighted by Gasteiger charge is 2.43. The van der Waals surface area contributed by atoms with Gasteiger partial charge < -0.3 is 10.2 Å². The Morgan fingerprint density at radius 2 is 2.11 bits per heavy atom. The molecule has 0 radical (unpaired) electrons. The van der Waals surface area contributed by atoms with Crippen molar-refractivity contribution in [2.75, 3.05) is 26.2 Å². The number of hydrogen-bond acceptors (Lipinski definition) is 3. The first-order valence-electron chi connectivity index (χ1n) is 10.7. The summed E-state index contributed by atoms with van der Waals surface area (Å²) in [5, 5.41) is 3.15. The van der Waals surface area contributed by atoms with Gasteiger partial charge in [-0.1, -0.05) is 30.3 Å². The Morgan fingerprint density at radius 3 is 2.86 bits per heavy atom. The molecule has 2 fully saturated rings. The van der Waals surface area contributed by atoms with Gasteiger partial charge in [0, 0.05) is 37.6 Å². The number of rotatable bonds is 7. The summed E-state index contributed by atoms with van der Waals surface area (Å²) in [4.78, 5) is 20.1. The molecule has 1 aromatic heterocycles. The van der Waals surface area contributed by atoms with Gasteiger partial charge in [-0.3, -0.25) is 9.78 Å². The van der Waals surface area contributed by atoms with E-state index >= 15 is 0 Å². The lowest BCUT2D eigenvalue weighted by Gasteiger charge is -2.42. The van der Waals surface area contributed by atoms with E-state index in [4.69, 9.17) is 0 Å². The van der Waals surface area contributed by atoms with Crippen molar-refractivity contribution < 1.29 is 4.79 Å². The van der Waals surface area contributed by atoms with E-state index in [1.807, 2.05) is 19.2 Å². The molecule has 4 rings (SSSR count). The number of nitrogens with one attached hydrogen (secondary N) is 1. The monoisotopic (exact) mass is 377 g/mol. The van der Waals surface area contributed by atoms with Gasteiger partial charge in [0.2, 0.25) is 5.91 Å². The predicted octanol–water partition coefficient (Wildman–Crippen LogP) is 3.92. The van der Waals surface area contributed by atoms with Gasteiger partial charge in [-0.15, -0.1) is 0 Å². The normalized spacial score (nSPS) is 22.8. The average molecular weight is 378 g/mol. The maximum absolute atomic E-state index is 13.3. The summed E-state index contributed by atoms with van der Waals surface area (Å²) >= 11 is 0. The Morgan fingerprint density at radius 1 is 1.25 bits per heavy atom. The van der Waals surface area contributed by atoms with Crippen LogP contribution in [-0.4, -0.2) is 42.0 Å². The van der Waals surface area contributed by atoms with Crippen molar-refractivity contribution in [1.82, 2.24) is 15.2 Å². The summed E-state index contributed by atoms with van der Waals surface area (Å²) in [6.07, 6.45) is 9.27. The number of pyridine rings is 1. The van der Waals surface area contributed by atoms with Crippen LogP contribution in [0.25, 0.3) is 11.1 Å². The summed E-state index contributed by atoms with van der Waals surface area (Å²) in [5.41, 5.74) is 3.21. The highest BCUT2D eigenvalue weighted by Crippen LogP contribution is 2.39. The summed E-state index contributed by atoms with van der Waals surface area (Å²) in [5.74, 6) is 1.07. The average Bonchev–Trinajstić information content (AvgIpc) is 3.53. The first-order chi connectivity index (χ1) is 13.7. The van der Waals surface area contributed by atoms with Gasteiger partial charge in [0.15, 0.2) is 0 Å². The third-order valence-corrected chi connectivity index (χ3v) is 6.21. The molecule has 0 bridgehead atoms. The molecule has 148 valence electrons. The Hall–Kier alpha value is -2.20. The van der Waals surface area contributed by atoms with Crippen LogP contribution in [0.1, 0.15) is 38.2 Å². The third-order valence-electron chi connectivity index (χ3n) is 6.21. The molecule has 0 unspecified atom stereocenters. The smallest absolute Gasteiger partial charge is 0.227 e. The van der Waals surface area contributed by atoms with Crippen LogP contribution in [0.2, 0.25) is 0 Å². The molecule has 2 heterocycles. The van der Waals surface area contributed by atoms with Crippen LogP contribution in [0.3, 0.4) is 0 Å². The van der Waals surface area contributed by atoms with Crippen molar-refractivity contribution in [3.63, 3.8) is 0 Å². The number of carbonyl (C=O) groups is 1. The van der Waals surface area contributed by atoms with Crippen LogP contribution in [0.4, 0.5) is 0 Å². The van der Waals surface area contributed by atoms with Crippen molar-refractivity contribution in [3.8, 4) is 11.1 Å². The molecule has 1 saturated carbocycles. The lowest BCUT2D eigenvalue weighted by atomic mass is 9.73. The molecule has 1 amide bonds. The van der Waals surface area contributed by atoms with Crippen LogP contribution in [0.15, 0.2) is 48.8 Å². The fourth-order valence-corrected chi connectivity index (χ4v) is 4.65. The molecule has 4 nitrogen and oxygen atoms in total. The number of nitrogens with zero attached hydrogens (tertiary/aromatic N) is 2. The highest BCUT2D eigenvalue weighted by atomic mass is 16.2. The van der Waals surface area contributed by atoms with Crippen molar-refractivity contribution in [3.05, 3.63) is 54.4 Å². The van der Waals surface area contributed by atoms with Crippen molar-refractivity contribution >= 4 is 5.91 Å². The quantitative estimate of drug-likeness (QED) is 0.795. The fraction of sp³-hybridized carbons (Fsp3) is 0.500. The number of benzene rings is 1. The van der Waals surface area contributed by atoms with E-state index in [0.717, 1.165) is 50.4 Å². The molecular weight excluding hydrogens is 346 g/mol. The zero-order valence-corrected chi connectivity index (χ0v) is 16.9. The van der Waals surface area contributed by atoms with Crippen molar-refractivity contribution in [1.29, 1.82) is 0 Å². The van der Waals surface area contributed by atoms with Crippen LogP contribution >= 0.6 is 0 Å². The Labute approximate surface area is 168 Å². The predicted molar refractivity (Wildman–Crippen MR) is 113 cm³/mol. The highest BCUT2D eigenvalue weighted by molar-refractivity contribution is 5.84. The van der Waals surface area contributed by atoms with E-state index in [-0.39, 0.29) is 11.3 Å². The number of hydrogen-bond donors (Lipinski definition) is 1. The SMILES string of the molecule is CCNC(=O)[C@@]1(Cc2ccccc2-c2cccnc2)CCCN(CC2CC2)C1. The van der Waals surface area contributed by atoms with E-state index < -0.39 is 0 Å². The third kappa shape index (κ3) is 4.27. The largest absolute Gasteiger partial charge is 0.356 e. The van der Waals surface area contributed by atoms with E-state index in [0.29, 0.717) is 6.54 Å². The van der Waals surface area contributed by atoms with Gasteiger partial charge in [0.1, 0.15) is 0 Å². The molecule has 28 heavy (non-hydrogen) atoms. The zero-order valence-electron chi connectivity index (χ0n) is 16.9. The summed E-state index contributed by atoms with van der Waals surface area (Å²) in [6, 6.07) is 12.6. The van der Waals surface area contributed by atoms with Crippen LogP contribution in [0, 0.1) is 11.3 Å².